The first-order chi connectivity index (χ1) is 11.7. The Kier molecular flexibility index (Phi) is 5.05. The molecule has 2 aromatic carbocycles. The third kappa shape index (κ3) is 3.54. The predicted molar refractivity (Wildman–Crippen MR) is 93.6 cm³/mol. The van der Waals surface area contributed by atoms with Crippen LogP contribution >= 0.6 is 11.8 Å². The first-order valence-corrected chi connectivity index (χ1v) is 8.36. The van der Waals surface area contributed by atoms with Crippen LogP contribution in [0.1, 0.15) is 17.7 Å². The van der Waals surface area contributed by atoms with Gasteiger partial charge in [-0.25, -0.2) is 0 Å². The van der Waals surface area contributed by atoms with Crippen molar-refractivity contribution in [2.45, 2.75) is 17.4 Å². The van der Waals surface area contributed by atoms with Crippen molar-refractivity contribution < 1.29 is 13.9 Å². The lowest BCUT2D eigenvalue weighted by Crippen LogP contribution is -1.90. The highest BCUT2D eigenvalue weighted by atomic mass is 32.2. The van der Waals surface area contributed by atoms with Crippen molar-refractivity contribution in [1.29, 1.82) is 0 Å². The second-order valence-corrected chi connectivity index (χ2v) is 6.40. The lowest BCUT2D eigenvalue weighted by molar-refractivity contribution is 0.393. The molecule has 0 saturated heterocycles. The van der Waals surface area contributed by atoms with Crippen LogP contribution in [0.15, 0.2) is 58.2 Å². The van der Waals surface area contributed by atoms with Crippen LogP contribution in [-0.4, -0.2) is 24.4 Å². The van der Waals surface area contributed by atoms with E-state index in [0.717, 1.165) is 5.56 Å². The number of ether oxygens (including phenoxy) is 2. The summed E-state index contributed by atoms with van der Waals surface area (Å²) >= 11 is 1.53. The second kappa shape index (κ2) is 7.40. The summed E-state index contributed by atoms with van der Waals surface area (Å²) < 4.78 is 16.4. The van der Waals surface area contributed by atoms with Gasteiger partial charge in [0.25, 0.3) is 11.1 Å². The largest absolute Gasteiger partial charge is 0.497 e. The number of benzene rings is 2. The quantitative estimate of drug-likeness (QED) is 0.610. The van der Waals surface area contributed by atoms with Crippen molar-refractivity contribution in [2.24, 2.45) is 0 Å². The van der Waals surface area contributed by atoms with E-state index in [4.69, 9.17) is 13.9 Å². The zero-order valence-corrected chi connectivity index (χ0v) is 14.5. The highest BCUT2D eigenvalue weighted by Gasteiger charge is 2.17. The van der Waals surface area contributed by atoms with E-state index in [1.165, 1.54) is 17.3 Å². The summed E-state index contributed by atoms with van der Waals surface area (Å²) in [6.45, 7) is 2.11. The van der Waals surface area contributed by atoms with Crippen molar-refractivity contribution in [1.82, 2.24) is 10.2 Å². The number of rotatable bonds is 6. The number of hydrogen-bond acceptors (Lipinski definition) is 6. The molecule has 0 aliphatic carbocycles. The molecule has 0 fully saturated rings. The van der Waals surface area contributed by atoms with Gasteiger partial charge in [-0.1, -0.05) is 42.1 Å². The van der Waals surface area contributed by atoms with Gasteiger partial charge in [-0.3, -0.25) is 0 Å². The molecule has 1 atom stereocenters. The fourth-order valence-corrected chi connectivity index (χ4v) is 3.10. The molecule has 6 heteroatoms. The maximum atomic E-state index is 5.80. The van der Waals surface area contributed by atoms with E-state index in [-0.39, 0.29) is 5.25 Å². The maximum Gasteiger partial charge on any atom is 0.277 e. The van der Waals surface area contributed by atoms with Crippen molar-refractivity contribution in [2.75, 3.05) is 14.2 Å². The molecular weight excluding hydrogens is 324 g/mol. The van der Waals surface area contributed by atoms with Crippen LogP contribution in [0.25, 0.3) is 11.5 Å². The molecule has 24 heavy (non-hydrogen) atoms. The van der Waals surface area contributed by atoms with Gasteiger partial charge in [-0.15, -0.1) is 10.2 Å². The van der Waals surface area contributed by atoms with Crippen molar-refractivity contribution in [3.8, 4) is 23.0 Å². The summed E-state index contributed by atoms with van der Waals surface area (Å²) in [6.07, 6.45) is 0. The van der Waals surface area contributed by atoms with Gasteiger partial charge in [0.1, 0.15) is 11.5 Å². The molecule has 0 unspecified atom stereocenters. The van der Waals surface area contributed by atoms with Crippen LogP contribution in [0.5, 0.6) is 11.5 Å². The zero-order valence-electron chi connectivity index (χ0n) is 13.7. The Morgan fingerprint density at radius 1 is 1.00 bits per heavy atom. The molecule has 5 nitrogen and oxygen atoms in total. The maximum absolute atomic E-state index is 5.80. The van der Waals surface area contributed by atoms with E-state index in [2.05, 4.69) is 29.3 Å². The standard InChI is InChI=1S/C18H18N2O3S/c1-12(13-7-5-4-6-8-13)24-18-20-19-17(23-18)15-10-9-14(21-2)11-16(15)22-3/h4-12H,1-3H3/t12-/m0/s1. The number of hydrogen-bond donors (Lipinski definition) is 0. The summed E-state index contributed by atoms with van der Waals surface area (Å²) in [5, 5.41) is 9.02. The molecular formula is C18H18N2O3S. The molecule has 0 saturated carbocycles. The van der Waals surface area contributed by atoms with Crippen LogP contribution in [0, 0.1) is 0 Å². The lowest BCUT2D eigenvalue weighted by atomic mass is 10.2. The van der Waals surface area contributed by atoms with Gasteiger partial charge >= 0.3 is 0 Å². The highest BCUT2D eigenvalue weighted by Crippen LogP contribution is 2.37. The SMILES string of the molecule is COc1ccc(-c2nnc(S[C@@H](C)c3ccccc3)o2)c(OC)c1. The van der Waals surface area contributed by atoms with Gasteiger partial charge in [-0.05, 0) is 24.6 Å². The van der Waals surface area contributed by atoms with E-state index in [1.807, 2.05) is 30.3 Å². The average molecular weight is 342 g/mol. The van der Waals surface area contributed by atoms with Gasteiger partial charge in [0.05, 0.1) is 19.8 Å². The summed E-state index contributed by atoms with van der Waals surface area (Å²) in [5.74, 6) is 1.77. The zero-order chi connectivity index (χ0) is 16.9. The predicted octanol–water partition coefficient (Wildman–Crippen LogP) is 4.61. The van der Waals surface area contributed by atoms with Gasteiger partial charge in [0.15, 0.2) is 0 Å². The molecule has 0 aliphatic heterocycles. The Labute approximate surface area is 145 Å². The molecule has 0 aliphatic rings. The molecule has 1 aromatic heterocycles. The first kappa shape index (κ1) is 16.4. The average Bonchev–Trinajstić information content (AvgIpc) is 3.10. The minimum absolute atomic E-state index is 0.220. The Balaban J connectivity index is 1.81. The highest BCUT2D eigenvalue weighted by molar-refractivity contribution is 7.99. The number of aromatic nitrogens is 2. The Bertz CT molecular complexity index is 805. The van der Waals surface area contributed by atoms with Crippen LogP contribution in [0.2, 0.25) is 0 Å². The third-order valence-electron chi connectivity index (χ3n) is 3.59. The van der Waals surface area contributed by atoms with Crippen molar-refractivity contribution >= 4 is 11.8 Å². The molecule has 3 rings (SSSR count). The second-order valence-electron chi connectivity index (χ2n) is 5.11. The molecule has 3 aromatic rings. The normalized spacial score (nSPS) is 12.0. The monoisotopic (exact) mass is 342 g/mol. The number of nitrogens with zero attached hydrogens (tertiary/aromatic N) is 2. The summed E-state index contributed by atoms with van der Waals surface area (Å²) in [6, 6.07) is 15.7. The molecule has 124 valence electrons. The molecule has 0 spiro atoms. The number of methoxy groups -OCH3 is 2. The minimum Gasteiger partial charge on any atom is -0.497 e. The van der Waals surface area contributed by atoms with E-state index in [1.54, 1.807) is 20.3 Å². The fraction of sp³-hybridized carbons (Fsp3) is 0.222. The Hall–Kier alpha value is -2.47. The molecule has 0 radical (unpaired) electrons. The fourth-order valence-electron chi connectivity index (χ4n) is 2.28. The van der Waals surface area contributed by atoms with Gasteiger partial charge in [0.2, 0.25) is 0 Å². The summed E-state index contributed by atoms with van der Waals surface area (Å²) in [7, 11) is 3.21. The number of thioether (sulfide) groups is 1. The molecule has 0 N–H and O–H groups in total. The van der Waals surface area contributed by atoms with Crippen LogP contribution in [0.3, 0.4) is 0 Å². The minimum atomic E-state index is 0.220. The van der Waals surface area contributed by atoms with Gasteiger partial charge < -0.3 is 13.9 Å². The summed E-state index contributed by atoms with van der Waals surface area (Å²) in [5.41, 5.74) is 1.95. The van der Waals surface area contributed by atoms with Crippen molar-refractivity contribution in [3.05, 3.63) is 54.1 Å². The third-order valence-corrected chi connectivity index (χ3v) is 4.58. The van der Waals surface area contributed by atoms with Crippen molar-refractivity contribution in [3.63, 3.8) is 0 Å². The smallest absolute Gasteiger partial charge is 0.277 e. The lowest BCUT2D eigenvalue weighted by Gasteiger charge is -2.08. The van der Waals surface area contributed by atoms with E-state index < -0.39 is 0 Å². The molecule has 0 bridgehead atoms. The Morgan fingerprint density at radius 2 is 1.79 bits per heavy atom. The molecule has 0 amide bonds. The van der Waals surface area contributed by atoms with Crippen LogP contribution in [-0.2, 0) is 0 Å². The van der Waals surface area contributed by atoms with E-state index in [0.29, 0.717) is 22.6 Å². The summed E-state index contributed by atoms with van der Waals surface area (Å²) in [4.78, 5) is 0. The first-order valence-electron chi connectivity index (χ1n) is 7.48. The van der Waals surface area contributed by atoms with Crippen LogP contribution in [0.4, 0.5) is 0 Å². The van der Waals surface area contributed by atoms with Gasteiger partial charge in [0, 0.05) is 11.3 Å². The topological polar surface area (TPSA) is 57.4 Å². The Morgan fingerprint density at radius 3 is 2.50 bits per heavy atom. The van der Waals surface area contributed by atoms with Gasteiger partial charge in [-0.2, -0.15) is 0 Å². The van der Waals surface area contributed by atoms with E-state index in [9.17, 15) is 0 Å². The van der Waals surface area contributed by atoms with Crippen LogP contribution < -0.4 is 9.47 Å². The van der Waals surface area contributed by atoms with E-state index >= 15 is 0 Å². The molecule has 1 heterocycles.